The molecule has 0 saturated heterocycles. The summed E-state index contributed by atoms with van der Waals surface area (Å²) in [6.07, 6.45) is 0.614. The van der Waals surface area contributed by atoms with E-state index >= 15 is 0 Å². The Hall–Kier alpha value is -2.64. The zero-order valence-corrected chi connectivity index (χ0v) is 13.4. The Labute approximate surface area is 137 Å². The monoisotopic (exact) mass is 307 g/mol. The van der Waals surface area contributed by atoms with Gasteiger partial charge in [-0.2, -0.15) is 5.26 Å². The molecule has 0 unspecified atom stereocenters. The van der Waals surface area contributed by atoms with E-state index in [2.05, 4.69) is 16.7 Å². The van der Waals surface area contributed by atoms with Gasteiger partial charge in [0.15, 0.2) is 0 Å². The summed E-state index contributed by atoms with van der Waals surface area (Å²) in [6.45, 7) is 4.03. The maximum absolute atomic E-state index is 12.6. The van der Waals surface area contributed by atoms with Gasteiger partial charge in [0, 0.05) is 11.7 Å². The van der Waals surface area contributed by atoms with Crippen LogP contribution in [-0.4, -0.2) is 18.0 Å². The largest absolute Gasteiger partial charge is 0.325 e. The summed E-state index contributed by atoms with van der Waals surface area (Å²) in [4.78, 5) is 12.6. The van der Waals surface area contributed by atoms with E-state index in [4.69, 9.17) is 5.26 Å². The third-order valence-electron chi connectivity index (χ3n) is 3.39. The zero-order valence-electron chi connectivity index (χ0n) is 13.4. The van der Waals surface area contributed by atoms with Crippen molar-refractivity contribution in [2.24, 2.45) is 0 Å². The number of hydrogen-bond donors (Lipinski definition) is 2. The minimum atomic E-state index is -0.330. The van der Waals surface area contributed by atoms with E-state index in [1.807, 2.05) is 44.2 Å². The first-order chi connectivity index (χ1) is 11.1. The second-order valence-electron chi connectivity index (χ2n) is 5.75. The van der Waals surface area contributed by atoms with Gasteiger partial charge in [-0.3, -0.25) is 4.79 Å². The van der Waals surface area contributed by atoms with E-state index < -0.39 is 0 Å². The molecule has 0 fully saturated rings. The lowest BCUT2D eigenvalue weighted by atomic mass is 10.0. The summed E-state index contributed by atoms with van der Waals surface area (Å²) in [5.41, 5.74) is 2.27. The highest BCUT2D eigenvalue weighted by Crippen LogP contribution is 2.12. The summed E-state index contributed by atoms with van der Waals surface area (Å²) in [5, 5.41) is 15.1. The molecule has 118 valence electrons. The van der Waals surface area contributed by atoms with E-state index in [9.17, 15) is 4.79 Å². The van der Waals surface area contributed by atoms with E-state index in [1.165, 1.54) is 0 Å². The summed E-state index contributed by atoms with van der Waals surface area (Å²) in [7, 11) is 0. The van der Waals surface area contributed by atoms with Crippen molar-refractivity contribution in [3.05, 3.63) is 65.7 Å². The number of nitrogens with one attached hydrogen (secondary N) is 2. The maximum atomic E-state index is 12.6. The van der Waals surface area contributed by atoms with E-state index in [0.717, 1.165) is 5.56 Å². The first kappa shape index (κ1) is 16.7. The molecule has 2 aromatic carbocycles. The Bertz CT molecular complexity index is 689. The molecule has 2 aromatic rings. The predicted octanol–water partition coefficient (Wildman–Crippen LogP) is 3.11. The molecule has 0 saturated carbocycles. The van der Waals surface area contributed by atoms with Crippen LogP contribution in [0.1, 0.15) is 25.0 Å². The Morgan fingerprint density at radius 1 is 1.13 bits per heavy atom. The quantitative estimate of drug-likeness (QED) is 0.862. The van der Waals surface area contributed by atoms with Gasteiger partial charge < -0.3 is 10.6 Å². The zero-order chi connectivity index (χ0) is 16.7. The fourth-order valence-electron chi connectivity index (χ4n) is 2.38. The molecule has 0 bridgehead atoms. The fourth-order valence-corrected chi connectivity index (χ4v) is 2.38. The van der Waals surface area contributed by atoms with Gasteiger partial charge in [-0.05, 0) is 30.2 Å². The van der Waals surface area contributed by atoms with Gasteiger partial charge in [-0.1, -0.05) is 50.2 Å². The molecule has 4 heteroatoms. The first-order valence-corrected chi connectivity index (χ1v) is 7.69. The smallest absolute Gasteiger partial charge is 0.241 e. The van der Waals surface area contributed by atoms with Gasteiger partial charge >= 0.3 is 0 Å². The minimum absolute atomic E-state index is 0.0994. The average molecular weight is 307 g/mol. The van der Waals surface area contributed by atoms with Crippen molar-refractivity contribution >= 4 is 11.6 Å². The van der Waals surface area contributed by atoms with Gasteiger partial charge in [0.1, 0.15) is 0 Å². The third kappa shape index (κ3) is 5.24. The number of nitriles is 1. The Kier molecular flexibility index (Phi) is 5.90. The van der Waals surface area contributed by atoms with Crippen LogP contribution < -0.4 is 10.6 Å². The molecule has 0 aliphatic rings. The summed E-state index contributed by atoms with van der Waals surface area (Å²) in [5.74, 6) is -0.0994. The maximum Gasteiger partial charge on any atom is 0.241 e. The van der Waals surface area contributed by atoms with Crippen LogP contribution in [0.2, 0.25) is 0 Å². The number of carbonyl (C=O) groups is 1. The minimum Gasteiger partial charge on any atom is -0.325 e. The number of nitrogens with zero attached hydrogens (tertiary/aromatic N) is 1. The number of hydrogen-bond acceptors (Lipinski definition) is 3. The molecule has 0 aliphatic heterocycles. The summed E-state index contributed by atoms with van der Waals surface area (Å²) < 4.78 is 0. The highest BCUT2D eigenvalue weighted by molar-refractivity contribution is 5.95. The van der Waals surface area contributed by atoms with Crippen molar-refractivity contribution in [2.45, 2.75) is 32.4 Å². The molecule has 23 heavy (non-hydrogen) atoms. The van der Waals surface area contributed by atoms with Crippen LogP contribution in [0, 0.1) is 11.3 Å². The lowest BCUT2D eigenvalue weighted by Gasteiger charge is -2.21. The molecule has 0 aromatic heterocycles. The standard InChI is InChI=1S/C19H21N3O/c1-14(2)21-18(12-15-7-4-3-5-8-15)19(23)22-17-10-6-9-16(11-17)13-20/h3-11,14,18,21H,12H2,1-2H3,(H,22,23)/t18-/m0/s1. The predicted molar refractivity (Wildman–Crippen MR) is 92.0 cm³/mol. The lowest BCUT2D eigenvalue weighted by Crippen LogP contribution is -2.45. The molecule has 0 spiro atoms. The van der Waals surface area contributed by atoms with Gasteiger partial charge in [0.2, 0.25) is 5.91 Å². The van der Waals surface area contributed by atoms with Gasteiger partial charge in [-0.15, -0.1) is 0 Å². The van der Waals surface area contributed by atoms with E-state index in [-0.39, 0.29) is 18.0 Å². The summed E-state index contributed by atoms with van der Waals surface area (Å²) >= 11 is 0. The molecule has 1 amide bonds. The van der Waals surface area contributed by atoms with Crippen LogP contribution in [0.4, 0.5) is 5.69 Å². The molecule has 1 atom stereocenters. The third-order valence-corrected chi connectivity index (χ3v) is 3.39. The van der Waals surface area contributed by atoms with E-state index in [1.54, 1.807) is 24.3 Å². The van der Waals surface area contributed by atoms with Crippen LogP contribution in [0.15, 0.2) is 54.6 Å². The molecule has 2 N–H and O–H groups in total. The van der Waals surface area contributed by atoms with Crippen LogP contribution in [-0.2, 0) is 11.2 Å². The number of benzene rings is 2. The van der Waals surface area contributed by atoms with Crippen molar-refractivity contribution in [3.63, 3.8) is 0 Å². The molecular formula is C19H21N3O. The molecule has 0 aliphatic carbocycles. The average Bonchev–Trinajstić information content (AvgIpc) is 2.55. The Morgan fingerprint density at radius 2 is 1.87 bits per heavy atom. The van der Waals surface area contributed by atoms with E-state index in [0.29, 0.717) is 17.7 Å². The second kappa shape index (κ2) is 8.11. The van der Waals surface area contributed by atoms with Crippen LogP contribution in [0.5, 0.6) is 0 Å². The molecule has 2 rings (SSSR count). The van der Waals surface area contributed by atoms with Crippen LogP contribution >= 0.6 is 0 Å². The summed E-state index contributed by atoms with van der Waals surface area (Å²) in [6, 6.07) is 18.8. The molecule has 4 nitrogen and oxygen atoms in total. The molecule has 0 radical (unpaired) electrons. The van der Waals surface area contributed by atoms with Crippen molar-refractivity contribution in [1.82, 2.24) is 5.32 Å². The highest BCUT2D eigenvalue weighted by Gasteiger charge is 2.19. The van der Waals surface area contributed by atoms with Crippen LogP contribution in [0.3, 0.4) is 0 Å². The van der Waals surface area contributed by atoms with Crippen molar-refractivity contribution in [1.29, 1.82) is 5.26 Å². The Morgan fingerprint density at radius 3 is 2.52 bits per heavy atom. The number of amides is 1. The second-order valence-corrected chi connectivity index (χ2v) is 5.75. The van der Waals surface area contributed by atoms with Gasteiger partial charge in [-0.25, -0.2) is 0 Å². The Balaban J connectivity index is 2.11. The highest BCUT2D eigenvalue weighted by atomic mass is 16.2. The van der Waals surface area contributed by atoms with Crippen molar-refractivity contribution in [3.8, 4) is 6.07 Å². The fraction of sp³-hybridized carbons (Fsp3) is 0.263. The van der Waals surface area contributed by atoms with Crippen molar-refractivity contribution in [2.75, 3.05) is 5.32 Å². The van der Waals surface area contributed by atoms with Crippen LogP contribution in [0.25, 0.3) is 0 Å². The molecular weight excluding hydrogens is 286 g/mol. The van der Waals surface area contributed by atoms with Gasteiger partial charge in [0.25, 0.3) is 0 Å². The lowest BCUT2D eigenvalue weighted by molar-refractivity contribution is -0.118. The SMILES string of the molecule is CC(C)N[C@@H](Cc1ccccc1)C(=O)Nc1cccc(C#N)c1. The van der Waals surface area contributed by atoms with Gasteiger partial charge in [0.05, 0.1) is 17.7 Å². The number of carbonyl (C=O) groups excluding carboxylic acids is 1. The first-order valence-electron chi connectivity index (χ1n) is 7.69. The van der Waals surface area contributed by atoms with Crippen molar-refractivity contribution < 1.29 is 4.79 Å². The normalized spacial score (nSPS) is 11.7. The number of anilines is 1. The number of rotatable bonds is 6. The molecule has 0 heterocycles. The topological polar surface area (TPSA) is 64.9 Å².